The van der Waals surface area contributed by atoms with Gasteiger partial charge in [0.15, 0.2) is 0 Å². The van der Waals surface area contributed by atoms with Gasteiger partial charge in [-0.25, -0.2) is 4.79 Å². The van der Waals surface area contributed by atoms with Crippen molar-refractivity contribution in [3.8, 4) is 0 Å². The van der Waals surface area contributed by atoms with Gasteiger partial charge in [0.25, 0.3) is 0 Å². The highest BCUT2D eigenvalue weighted by Gasteiger charge is 2.13. The number of nitrogens with two attached hydrogens (primary N) is 1. The summed E-state index contributed by atoms with van der Waals surface area (Å²) in [6.45, 7) is 4.15. The fourth-order valence-electron chi connectivity index (χ4n) is 1.97. The number of carboxylic acids is 1. The van der Waals surface area contributed by atoms with Crippen LogP contribution in [0.4, 0.5) is 5.69 Å². The number of aryl methyl sites for hydroxylation is 2. The molecule has 2 aromatic rings. The maximum absolute atomic E-state index is 11.3. The molecule has 104 valence electrons. The van der Waals surface area contributed by atoms with Crippen molar-refractivity contribution in [2.45, 2.75) is 24.5 Å². The van der Waals surface area contributed by atoms with Gasteiger partial charge in [-0.3, -0.25) is 0 Å². The van der Waals surface area contributed by atoms with E-state index in [1.54, 1.807) is 23.9 Å². The van der Waals surface area contributed by atoms with Crippen molar-refractivity contribution in [2.24, 2.45) is 0 Å². The first-order valence-corrected chi connectivity index (χ1v) is 7.28. The predicted molar refractivity (Wildman–Crippen MR) is 83.3 cm³/mol. The first-order chi connectivity index (χ1) is 9.49. The van der Waals surface area contributed by atoms with Crippen LogP contribution in [0.15, 0.2) is 41.3 Å². The Morgan fingerprint density at radius 2 is 1.95 bits per heavy atom. The average Bonchev–Trinajstić information content (AvgIpc) is 2.39. The van der Waals surface area contributed by atoms with E-state index in [9.17, 15) is 9.90 Å². The Kier molecular flexibility index (Phi) is 4.35. The van der Waals surface area contributed by atoms with Crippen molar-refractivity contribution >= 4 is 23.4 Å². The second-order valence-electron chi connectivity index (χ2n) is 4.72. The number of nitrogen functional groups attached to an aromatic ring is 1. The molecule has 0 heterocycles. The Hall–Kier alpha value is -1.94. The van der Waals surface area contributed by atoms with Gasteiger partial charge in [-0.2, -0.15) is 0 Å². The fourth-order valence-corrected chi connectivity index (χ4v) is 2.95. The van der Waals surface area contributed by atoms with E-state index >= 15 is 0 Å². The second kappa shape index (κ2) is 6.01. The van der Waals surface area contributed by atoms with Gasteiger partial charge in [0, 0.05) is 16.3 Å². The van der Waals surface area contributed by atoms with Gasteiger partial charge >= 0.3 is 5.97 Å². The smallest absolute Gasteiger partial charge is 0.338 e. The van der Waals surface area contributed by atoms with Crippen molar-refractivity contribution in [1.29, 1.82) is 0 Å². The maximum Gasteiger partial charge on any atom is 0.338 e. The van der Waals surface area contributed by atoms with Gasteiger partial charge in [0.05, 0.1) is 5.56 Å². The minimum atomic E-state index is -0.973. The van der Waals surface area contributed by atoms with E-state index in [-0.39, 0.29) is 5.56 Å². The largest absolute Gasteiger partial charge is 0.478 e. The molecule has 20 heavy (non-hydrogen) atoms. The van der Waals surface area contributed by atoms with Crippen LogP contribution >= 0.6 is 11.8 Å². The number of anilines is 1. The highest BCUT2D eigenvalue weighted by atomic mass is 32.2. The van der Waals surface area contributed by atoms with Crippen LogP contribution in [0, 0.1) is 13.8 Å². The molecular weight excluding hydrogens is 270 g/mol. The molecule has 3 nitrogen and oxygen atoms in total. The summed E-state index contributed by atoms with van der Waals surface area (Å²) in [4.78, 5) is 12.4. The number of thioether (sulfide) groups is 1. The van der Waals surface area contributed by atoms with Crippen LogP contribution in [-0.2, 0) is 5.75 Å². The summed E-state index contributed by atoms with van der Waals surface area (Å²) in [6, 6.07) is 11.5. The Morgan fingerprint density at radius 1 is 1.20 bits per heavy atom. The van der Waals surface area contributed by atoms with Crippen LogP contribution in [0.5, 0.6) is 0 Å². The number of hydrogen-bond acceptors (Lipinski definition) is 3. The standard InChI is InChI=1S/C16H17NO2S/c1-10-6-7-13(8-11(10)2)20-9-12-4-3-5-14(17)15(12)16(18)19/h3-8H,9,17H2,1-2H3,(H,18,19). The van der Waals surface area contributed by atoms with Gasteiger partial charge < -0.3 is 10.8 Å². The number of carbonyl (C=O) groups is 1. The van der Waals surface area contributed by atoms with E-state index in [4.69, 9.17) is 5.73 Å². The summed E-state index contributed by atoms with van der Waals surface area (Å²) in [5.41, 5.74) is 9.51. The van der Waals surface area contributed by atoms with Crippen LogP contribution in [0.1, 0.15) is 27.0 Å². The Labute approximate surface area is 122 Å². The van der Waals surface area contributed by atoms with Crippen molar-refractivity contribution in [1.82, 2.24) is 0 Å². The molecule has 3 N–H and O–H groups in total. The first-order valence-electron chi connectivity index (χ1n) is 6.29. The van der Waals surface area contributed by atoms with Gasteiger partial charge in [0.1, 0.15) is 0 Å². The number of rotatable bonds is 4. The molecule has 0 saturated carbocycles. The first kappa shape index (κ1) is 14.5. The molecule has 2 aromatic carbocycles. The zero-order valence-electron chi connectivity index (χ0n) is 11.5. The van der Waals surface area contributed by atoms with E-state index in [2.05, 4.69) is 32.0 Å². The minimum Gasteiger partial charge on any atom is -0.478 e. The molecule has 0 aliphatic carbocycles. The Morgan fingerprint density at radius 3 is 2.60 bits per heavy atom. The highest BCUT2D eigenvalue weighted by molar-refractivity contribution is 7.98. The lowest BCUT2D eigenvalue weighted by atomic mass is 10.1. The zero-order valence-corrected chi connectivity index (χ0v) is 12.3. The van der Waals surface area contributed by atoms with Gasteiger partial charge in [-0.1, -0.05) is 18.2 Å². The van der Waals surface area contributed by atoms with Gasteiger partial charge in [-0.05, 0) is 48.7 Å². The third kappa shape index (κ3) is 3.14. The average molecular weight is 287 g/mol. The summed E-state index contributed by atoms with van der Waals surface area (Å²) in [7, 11) is 0. The van der Waals surface area contributed by atoms with Gasteiger partial charge in [-0.15, -0.1) is 11.8 Å². The van der Waals surface area contributed by atoms with Crippen LogP contribution in [0.3, 0.4) is 0 Å². The summed E-state index contributed by atoms with van der Waals surface area (Å²) in [6.07, 6.45) is 0. The fraction of sp³-hybridized carbons (Fsp3) is 0.188. The summed E-state index contributed by atoms with van der Waals surface area (Å²) in [5, 5.41) is 9.23. The predicted octanol–water partition coefficient (Wildman–Crippen LogP) is 3.88. The topological polar surface area (TPSA) is 63.3 Å². The van der Waals surface area contributed by atoms with E-state index in [0.717, 1.165) is 10.5 Å². The van der Waals surface area contributed by atoms with Crippen LogP contribution in [-0.4, -0.2) is 11.1 Å². The van der Waals surface area contributed by atoms with E-state index in [0.29, 0.717) is 11.4 Å². The Balaban J connectivity index is 2.21. The van der Waals surface area contributed by atoms with E-state index in [1.807, 2.05) is 6.07 Å². The quantitative estimate of drug-likeness (QED) is 0.661. The molecule has 0 amide bonds. The van der Waals surface area contributed by atoms with Crippen molar-refractivity contribution in [2.75, 3.05) is 5.73 Å². The van der Waals surface area contributed by atoms with E-state index in [1.165, 1.54) is 11.1 Å². The summed E-state index contributed by atoms with van der Waals surface area (Å²) in [5.74, 6) is -0.381. The molecule has 0 unspecified atom stereocenters. The number of hydrogen-bond donors (Lipinski definition) is 2. The van der Waals surface area contributed by atoms with Crippen molar-refractivity contribution in [3.63, 3.8) is 0 Å². The lowest BCUT2D eigenvalue weighted by molar-refractivity contribution is 0.0697. The SMILES string of the molecule is Cc1ccc(SCc2cccc(N)c2C(=O)O)cc1C. The van der Waals surface area contributed by atoms with Gasteiger partial charge in [0.2, 0.25) is 0 Å². The Bertz CT molecular complexity index is 653. The van der Waals surface area contributed by atoms with Crippen molar-refractivity contribution < 1.29 is 9.90 Å². The lowest BCUT2D eigenvalue weighted by Gasteiger charge is -2.09. The van der Waals surface area contributed by atoms with Crippen molar-refractivity contribution in [3.05, 3.63) is 58.7 Å². The monoisotopic (exact) mass is 287 g/mol. The van der Waals surface area contributed by atoms with Crippen LogP contribution in [0.25, 0.3) is 0 Å². The molecule has 0 aliphatic rings. The lowest BCUT2D eigenvalue weighted by Crippen LogP contribution is -2.06. The molecule has 0 atom stereocenters. The highest BCUT2D eigenvalue weighted by Crippen LogP contribution is 2.28. The molecule has 0 fully saturated rings. The summed E-state index contributed by atoms with van der Waals surface area (Å²) >= 11 is 1.62. The zero-order chi connectivity index (χ0) is 14.7. The minimum absolute atomic E-state index is 0.212. The third-order valence-corrected chi connectivity index (χ3v) is 4.31. The molecule has 0 radical (unpaired) electrons. The molecule has 0 bridgehead atoms. The van der Waals surface area contributed by atoms with E-state index < -0.39 is 5.97 Å². The third-order valence-electron chi connectivity index (χ3n) is 3.27. The van der Waals surface area contributed by atoms with Crippen LogP contribution < -0.4 is 5.73 Å². The number of carboxylic acid groups (broad SMARTS) is 1. The second-order valence-corrected chi connectivity index (χ2v) is 5.77. The molecular formula is C16H17NO2S. The summed E-state index contributed by atoms with van der Waals surface area (Å²) < 4.78 is 0. The molecule has 0 spiro atoms. The molecule has 0 aromatic heterocycles. The molecule has 2 rings (SSSR count). The van der Waals surface area contributed by atoms with Crippen LogP contribution in [0.2, 0.25) is 0 Å². The number of aromatic carboxylic acids is 1. The molecule has 0 aliphatic heterocycles. The number of benzene rings is 2. The normalized spacial score (nSPS) is 10.5. The molecule has 0 saturated heterocycles. The maximum atomic E-state index is 11.3. The molecule has 4 heteroatoms.